The zero-order valence-electron chi connectivity index (χ0n) is 24.6. The zero-order chi connectivity index (χ0) is 30.9. The van der Waals surface area contributed by atoms with Gasteiger partial charge < -0.3 is 40.2 Å². The van der Waals surface area contributed by atoms with Gasteiger partial charge in [-0.3, -0.25) is 9.59 Å². The van der Waals surface area contributed by atoms with Crippen molar-refractivity contribution in [3.8, 4) is 11.5 Å². The van der Waals surface area contributed by atoms with E-state index < -0.39 is 12.1 Å². The highest BCUT2D eigenvalue weighted by Crippen LogP contribution is 2.23. The monoisotopic (exact) mass is 594 g/mol. The summed E-state index contributed by atoms with van der Waals surface area (Å²) in [4.78, 5) is 24.1. The van der Waals surface area contributed by atoms with Crippen molar-refractivity contribution in [2.75, 3.05) is 38.2 Å². The van der Waals surface area contributed by atoms with Crippen LogP contribution in [0.15, 0.2) is 66.7 Å². The number of carbonyl (C=O) groups is 2. The largest absolute Gasteiger partial charge is 0.508 e. The molecule has 0 heterocycles. The first-order valence-corrected chi connectivity index (χ1v) is 14.5. The lowest BCUT2D eigenvalue weighted by molar-refractivity contribution is -0.131. The van der Waals surface area contributed by atoms with E-state index in [9.17, 15) is 24.9 Å². The highest BCUT2D eigenvalue weighted by atomic mass is 16.5. The van der Waals surface area contributed by atoms with Crippen molar-refractivity contribution in [3.63, 3.8) is 0 Å². The maximum absolute atomic E-state index is 12.7. The summed E-state index contributed by atoms with van der Waals surface area (Å²) in [5, 5.41) is 35.3. The molecule has 43 heavy (non-hydrogen) atoms. The fourth-order valence-corrected chi connectivity index (χ4v) is 4.35. The van der Waals surface area contributed by atoms with Crippen LogP contribution < -0.4 is 15.4 Å². The number of hydrogen-bond donors (Lipinski definition) is 5. The molecule has 0 spiro atoms. The zero-order valence-corrected chi connectivity index (χ0v) is 24.6. The fourth-order valence-electron chi connectivity index (χ4n) is 4.35. The summed E-state index contributed by atoms with van der Waals surface area (Å²) in [6.07, 6.45) is 3.36. The Balaban J connectivity index is 1.21. The summed E-state index contributed by atoms with van der Waals surface area (Å²) in [5.74, 6) is -0.631. The van der Waals surface area contributed by atoms with Crippen molar-refractivity contribution in [1.29, 1.82) is 0 Å². The van der Waals surface area contributed by atoms with Crippen LogP contribution in [0.4, 0.5) is 5.69 Å². The number of phenols is 1. The number of esters is 1. The minimum Gasteiger partial charge on any atom is -0.508 e. The van der Waals surface area contributed by atoms with Crippen LogP contribution >= 0.6 is 0 Å². The lowest BCUT2D eigenvalue weighted by Gasteiger charge is -2.14. The molecule has 0 bridgehead atoms. The Bertz CT molecular complexity index is 1300. The number of nitrogens with one attached hydrogen (secondary N) is 2. The molecule has 0 saturated carbocycles. The molecule has 232 valence electrons. The lowest BCUT2D eigenvalue weighted by atomic mass is 10.1. The summed E-state index contributed by atoms with van der Waals surface area (Å²) in [6.45, 7) is 4.23. The number of unbranched alkanes of at least 4 members (excludes halogenated alkanes) is 3. The van der Waals surface area contributed by atoms with Crippen molar-refractivity contribution in [2.45, 2.75) is 51.9 Å². The van der Waals surface area contributed by atoms with Gasteiger partial charge in [0.1, 0.15) is 11.5 Å². The number of rotatable bonds is 19. The van der Waals surface area contributed by atoms with Gasteiger partial charge in [-0.2, -0.15) is 0 Å². The van der Waals surface area contributed by atoms with Crippen molar-refractivity contribution < 1.29 is 39.1 Å². The molecule has 0 unspecified atom stereocenters. The van der Waals surface area contributed by atoms with Crippen LogP contribution in [0.5, 0.6) is 11.5 Å². The molecule has 5 N–H and O–H groups in total. The first-order chi connectivity index (χ1) is 20.9. The summed E-state index contributed by atoms with van der Waals surface area (Å²) < 4.78 is 16.5. The Morgan fingerprint density at radius 3 is 2.49 bits per heavy atom. The van der Waals surface area contributed by atoms with Crippen LogP contribution in [-0.2, 0) is 27.5 Å². The number of hydrogen-bond acceptors (Lipinski definition) is 9. The van der Waals surface area contributed by atoms with E-state index in [-0.39, 0.29) is 29.6 Å². The predicted octanol–water partition coefficient (Wildman–Crippen LogP) is 4.48. The molecule has 1 atom stereocenters. The predicted molar refractivity (Wildman–Crippen MR) is 163 cm³/mol. The van der Waals surface area contributed by atoms with Crippen molar-refractivity contribution in [2.24, 2.45) is 0 Å². The van der Waals surface area contributed by atoms with Crippen LogP contribution in [0.1, 0.15) is 65.8 Å². The van der Waals surface area contributed by atoms with E-state index in [2.05, 4.69) is 10.6 Å². The molecule has 3 aromatic rings. The van der Waals surface area contributed by atoms with E-state index in [1.165, 1.54) is 13.0 Å². The van der Waals surface area contributed by atoms with Crippen LogP contribution in [0, 0.1) is 0 Å². The van der Waals surface area contributed by atoms with Crippen molar-refractivity contribution in [1.82, 2.24) is 5.32 Å². The van der Waals surface area contributed by atoms with Crippen LogP contribution in [0.25, 0.3) is 0 Å². The third-order valence-electron chi connectivity index (χ3n) is 6.60. The van der Waals surface area contributed by atoms with Gasteiger partial charge in [0.15, 0.2) is 0 Å². The molecule has 0 radical (unpaired) electrons. The van der Waals surface area contributed by atoms with Gasteiger partial charge in [-0.1, -0.05) is 43.2 Å². The number of aliphatic hydroxyl groups excluding tert-OH is 2. The van der Waals surface area contributed by atoms with E-state index in [4.69, 9.17) is 14.2 Å². The quantitative estimate of drug-likeness (QED) is 0.0770. The smallest absolute Gasteiger partial charge is 0.308 e. The van der Waals surface area contributed by atoms with Crippen LogP contribution in [0.3, 0.4) is 0 Å². The van der Waals surface area contributed by atoms with Gasteiger partial charge in [0, 0.05) is 31.3 Å². The van der Waals surface area contributed by atoms with Gasteiger partial charge in [-0.25, -0.2) is 0 Å². The Labute approximate surface area is 252 Å². The second-order valence-corrected chi connectivity index (χ2v) is 10.1. The van der Waals surface area contributed by atoms with Gasteiger partial charge in [0.2, 0.25) is 0 Å². The highest BCUT2D eigenvalue weighted by Gasteiger charge is 2.14. The number of aliphatic hydroxyl groups is 2. The van der Waals surface area contributed by atoms with Gasteiger partial charge in [-0.15, -0.1) is 0 Å². The molecule has 1 amide bonds. The molecular formula is C33H42N2O8. The second kappa shape index (κ2) is 18.7. The molecule has 0 aliphatic rings. The SMILES string of the molecule is CC(=O)Oc1ccccc1C(=O)Nc1cccc(COCCOCCCCCCNC[C@H](O)c2ccc(O)c(CO)c2)c1. The molecule has 0 fully saturated rings. The molecule has 10 heteroatoms. The number of carbonyl (C=O) groups excluding carboxylic acids is 2. The molecule has 0 aromatic heterocycles. The van der Waals surface area contributed by atoms with Crippen LogP contribution in [0.2, 0.25) is 0 Å². The number of anilines is 1. The molecule has 0 aliphatic carbocycles. The second-order valence-electron chi connectivity index (χ2n) is 10.1. The number of ether oxygens (including phenoxy) is 3. The molecular weight excluding hydrogens is 552 g/mol. The van der Waals surface area contributed by atoms with E-state index >= 15 is 0 Å². The first-order valence-electron chi connectivity index (χ1n) is 14.5. The summed E-state index contributed by atoms with van der Waals surface area (Å²) in [5.41, 5.74) is 2.85. The number of amides is 1. The van der Waals surface area contributed by atoms with Crippen LogP contribution in [-0.4, -0.2) is 60.1 Å². The minimum absolute atomic E-state index is 0.0242. The topological polar surface area (TPSA) is 147 Å². The Morgan fingerprint density at radius 2 is 1.67 bits per heavy atom. The van der Waals surface area contributed by atoms with E-state index in [1.807, 2.05) is 18.2 Å². The van der Waals surface area contributed by atoms with E-state index in [0.717, 1.165) is 37.8 Å². The summed E-state index contributed by atoms with van der Waals surface area (Å²) in [6, 6.07) is 18.7. The van der Waals surface area contributed by atoms with Gasteiger partial charge in [0.05, 0.1) is 38.1 Å². The maximum Gasteiger partial charge on any atom is 0.308 e. The first kappa shape index (κ1) is 33.7. The highest BCUT2D eigenvalue weighted by molar-refractivity contribution is 6.06. The molecule has 3 rings (SSSR count). The third-order valence-corrected chi connectivity index (χ3v) is 6.60. The van der Waals surface area contributed by atoms with Crippen molar-refractivity contribution >= 4 is 17.6 Å². The van der Waals surface area contributed by atoms with Gasteiger partial charge in [-0.05, 0) is 66.9 Å². The van der Waals surface area contributed by atoms with E-state index in [1.54, 1.807) is 42.5 Å². The normalized spacial score (nSPS) is 11.7. The lowest BCUT2D eigenvalue weighted by Crippen LogP contribution is -2.22. The standard InChI is InChI=1S/C33H42N2O8/c1-24(37)43-32-12-5-4-11-29(32)33(40)35-28-10-8-9-25(19-28)23-42-18-17-41-16-7-3-2-6-15-34-21-31(39)26-13-14-30(38)27(20-26)22-36/h4-5,8-14,19-20,31,34,36,38-39H,2-3,6-7,15-18,21-23H2,1H3,(H,35,40)/t31-/m0/s1. The molecule has 10 nitrogen and oxygen atoms in total. The molecule has 0 saturated heterocycles. The molecule has 3 aromatic carbocycles. The molecule has 0 aliphatic heterocycles. The Kier molecular flexibility index (Phi) is 14.6. The average molecular weight is 595 g/mol. The third kappa shape index (κ3) is 12.1. The van der Waals surface area contributed by atoms with Crippen molar-refractivity contribution in [3.05, 3.63) is 89.0 Å². The number of para-hydroxylation sites is 1. The Morgan fingerprint density at radius 1 is 0.884 bits per heavy atom. The number of aromatic hydroxyl groups is 1. The Hall–Kier alpha value is -3.80. The number of benzene rings is 3. The summed E-state index contributed by atoms with van der Waals surface area (Å²) in [7, 11) is 0. The average Bonchev–Trinajstić information content (AvgIpc) is 2.99. The maximum atomic E-state index is 12.7. The minimum atomic E-state index is -0.700. The van der Waals surface area contributed by atoms with E-state index in [0.29, 0.717) is 49.8 Å². The van der Waals surface area contributed by atoms with Gasteiger partial charge >= 0.3 is 5.97 Å². The fraction of sp³-hybridized carbons (Fsp3) is 0.394. The van der Waals surface area contributed by atoms with Gasteiger partial charge in [0.25, 0.3) is 5.91 Å². The summed E-state index contributed by atoms with van der Waals surface area (Å²) >= 11 is 0.